The third-order valence-electron chi connectivity index (χ3n) is 7.14. The van der Waals surface area contributed by atoms with Crippen molar-refractivity contribution in [2.24, 2.45) is 0 Å². The van der Waals surface area contributed by atoms with E-state index in [1.165, 1.54) is 24.1 Å². The first-order chi connectivity index (χ1) is 21.1. The summed E-state index contributed by atoms with van der Waals surface area (Å²) in [5.41, 5.74) is 2.80. The Morgan fingerprint density at radius 1 is 0.795 bits per heavy atom. The van der Waals surface area contributed by atoms with E-state index in [1.807, 2.05) is 81.4 Å². The molecule has 0 saturated carbocycles. The normalized spacial score (nSPS) is 11.9. The van der Waals surface area contributed by atoms with E-state index in [2.05, 4.69) is 5.32 Å². The number of carbonyl (C=O) groups excluding carboxylic acids is 2. The van der Waals surface area contributed by atoms with Crippen LogP contribution in [0.5, 0.6) is 5.75 Å². The standard InChI is InChI=1S/C35H39N3O5S/c1-26(2)36-35(40)32(23-28-13-7-5-8-14-28)37(24-29-15-9-6-10-16-29)34(39)25-38(31-17-11-12-18-33(31)43-4)44(41,42)30-21-19-27(3)20-22-30/h5-22,26,32H,23-25H2,1-4H3,(H,36,40)/t32-/m1/s1. The maximum atomic E-state index is 14.5. The monoisotopic (exact) mass is 613 g/mol. The number of nitrogens with zero attached hydrogens (tertiary/aromatic N) is 2. The summed E-state index contributed by atoms with van der Waals surface area (Å²) in [6.07, 6.45) is 0.247. The summed E-state index contributed by atoms with van der Waals surface area (Å²) in [6, 6.07) is 30.9. The van der Waals surface area contributed by atoms with E-state index in [1.54, 1.807) is 36.4 Å². The lowest BCUT2D eigenvalue weighted by Gasteiger charge is -2.34. The van der Waals surface area contributed by atoms with Crippen molar-refractivity contribution < 1.29 is 22.7 Å². The molecule has 44 heavy (non-hydrogen) atoms. The highest BCUT2D eigenvalue weighted by Gasteiger charge is 2.35. The van der Waals surface area contributed by atoms with Crippen LogP contribution in [0.3, 0.4) is 0 Å². The van der Waals surface area contributed by atoms with Crippen molar-refractivity contribution in [1.82, 2.24) is 10.2 Å². The highest BCUT2D eigenvalue weighted by atomic mass is 32.2. The Hall–Kier alpha value is -4.63. The van der Waals surface area contributed by atoms with E-state index in [9.17, 15) is 18.0 Å². The lowest BCUT2D eigenvalue weighted by molar-refractivity contribution is -0.140. The first kappa shape index (κ1) is 32.3. The number of hydrogen-bond donors (Lipinski definition) is 1. The summed E-state index contributed by atoms with van der Waals surface area (Å²) >= 11 is 0. The number of methoxy groups -OCH3 is 1. The van der Waals surface area contributed by atoms with Crippen molar-refractivity contribution in [2.75, 3.05) is 18.0 Å². The molecule has 0 spiro atoms. The molecule has 2 amide bonds. The first-order valence-electron chi connectivity index (χ1n) is 14.5. The second-order valence-corrected chi connectivity index (χ2v) is 12.7. The molecule has 0 fully saturated rings. The van der Waals surface area contributed by atoms with Crippen LogP contribution in [0.15, 0.2) is 114 Å². The average molecular weight is 614 g/mol. The van der Waals surface area contributed by atoms with Gasteiger partial charge in [0.1, 0.15) is 18.3 Å². The van der Waals surface area contributed by atoms with E-state index in [-0.39, 0.29) is 35.5 Å². The molecule has 4 aromatic rings. The van der Waals surface area contributed by atoms with Gasteiger partial charge in [0.2, 0.25) is 11.8 Å². The van der Waals surface area contributed by atoms with Crippen LogP contribution < -0.4 is 14.4 Å². The summed E-state index contributed by atoms with van der Waals surface area (Å²) in [6.45, 7) is 5.14. The Labute approximate surface area is 260 Å². The summed E-state index contributed by atoms with van der Waals surface area (Å²) in [5.74, 6) is -0.558. The molecule has 9 heteroatoms. The van der Waals surface area contributed by atoms with Gasteiger partial charge in [-0.2, -0.15) is 0 Å². The molecule has 0 radical (unpaired) electrons. The number of nitrogens with one attached hydrogen (secondary N) is 1. The van der Waals surface area contributed by atoms with Crippen molar-refractivity contribution in [3.8, 4) is 5.75 Å². The minimum Gasteiger partial charge on any atom is -0.495 e. The fraction of sp³-hybridized carbons (Fsp3) is 0.257. The number of benzene rings is 4. The Morgan fingerprint density at radius 3 is 1.95 bits per heavy atom. The molecule has 0 aliphatic carbocycles. The van der Waals surface area contributed by atoms with Crippen LogP contribution in [0.2, 0.25) is 0 Å². The minimum atomic E-state index is -4.22. The van der Waals surface area contributed by atoms with Gasteiger partial charge in [-0.25, -0.2) is 8.42 Å². The minimum absolute atomic E-state index is 0.0369. The molecule has 0 unspecified atom stereocenters. The molecular formula is C35H39N3O5S. The van der Waals surface area contributed by atoms with Crippen LogP contribution in [0.4, 0.5) is 5.69 Å². The van der Waals surface area contributed by atoms with Crippen LogP contribution in [-0.2, 0) is 32.6 Å². The van der Waals surface area contributed by atoms with Crippen LogP contribution >= 0.6 is 0 Å². The van der Waals surface area contributed by atoms with Crippen LogP contribution in [0.1, 0.15) is 30.5 Å². The molecule has 1 N–H and O–H groups in total. The number of aryl methyl sites for hydroxylation is 1. The van der Waals surface area contributed by atoms with Crippen molar-refractivity contribution in [1.29, 1.82) is 0 Å². The fourth-order valence-electron chi connectivity index (χ4n) is 4.90. The van der Waals surface area contributed by atoms with E-state index in [4.69, 9.17) is 4.74 Å². The number of hydrogen-bond acceptors (Lipinski definition) is 5. The molecular weight excluding hydrogens is 574 g/mol. The maximum Gasteiger partial charge on any atom is 0.264 e. The second-order valence-electron chi connectivity index (χ2n) is 10.9. The summed E-state index contributed by atoms with van der Waals surface area (Å²) in [5, 5.41) is 2.96. The predicted octanol–water partition coefficient (Wildman–Crippen LogP) is 5.36. The molecule has 4 rings (SSSR count). The summed E-state index contributed by atoms with van der Waals surface area (Å²) < 4.78 is 35.0. The lowest BCUT2D eigenvalue weighted by Crippen LogP contribution is -2.54. The second kappa shape index (κ2) is 14.7. The molecule has 230 valence electrons. The number of rotatable bonds is 13. The van der Waals surface area contributed by atoms with Gasteiger partial charge in [-0.15, -0.1) is 0 Å². The topological polar surface area (TPSA) is 96.0 Å². The van der Waals surface area contributed by atoms with Crippen molar-refractivity contribution >= 4 is 27.5 Å². The molecule has 0 aliphatic rings. The largest absolute Gasteiger partial charge is 0.495 e. The molecule has 8 nitrogen and oxygen atoms in total. The third kappa shape index (κ3) is 8.05. The number of amides is 2. The quantitative estimate of drug-likeness (QED) is 0.219. The van der Waals surface area contributed by atoms with Crippen LogP contribution in [0.25, 0.3) is 0 Å². The van der Waals surface area contributed by atoms with Gasteiger partial charge >= 0.3 is 0 Å². The number of anilines is 1. The van der Waals surface area contributed by atoms with Gasteiger partial charge < -0.3 is 15.0 Å². The molecule has 0 aliphatic heterocycles. The Bertz CT molecular complexity index is 1640. The third-order valence-corrected chi connectivity index (χ3v) is 8.91. The molecule has 0 aromatic heterocycles. The zero-order valence-corrected chi connectivity index (χ0v) is 26.3. The number of carbonyl (C=O) groups is 2. The zero-order valence-electron chi connectivity index (χ0n) is 25.5. The number of ether oxygens (including phenoxy) is 1. The SMILES string of the molecule is COc1ccccc1N(CC(=O)N(Cc1ccccc1)[C@H](Cc1ccccc1)C(=O)NC(C)C)S(=O)(=O)c1ccc(C)cc1. The average Bonchev–Trinajstić information content (AvgIpc) is 3.02. The molecule has 1 atom stereocenters. The molecule has 0 bridgehead atoms. The van der Waals surface area contributed by atoms with Gasteiger partial charge in [0.25, 0.3) is 10.0 Å². The fourth-order valence-corrected chi connectivity index (χ4v) is 6.33. The van der Waals surface area contributed by atoms with E-state index >= 15 is 0 Å². The molecule has 4 aromatic carbocycles. The maximum absolute atomic E-state index is 14.5. The zero-order chi connectivity index (χ0) is 31.7. The van der Waals surface area contributed by atoms with Gasteiger partial charge in [-0.05, 0) is 56.2 Å². The van der Waals surface area contributed by atoms with Crippen LogP contribution in [-0.4, -0.2) is 50.9 Å². The van der Waals surface area contributed by atoms with E-state index in [0.717, 1.165) is 21.0 Å². The number of para-hydroxylation sites is 2. The van der Waals surface area contributed by atoms with Crippen molar-refractivity contribution in [2.45, 2.75) is 50.7 Å². The van der Waals surface area contributed by atoms with Gasteiger partial charge in [0, 0.05) is 19.0 Å². The van der Waals surface area contributed by atoms with Gasteiger partial charge in [0.15, 0.2) is 0 Å². The van der Waals surface area contributed by atoms with Gasteiger partial charge in [-0.1, -0.05) is 90.5 Å². The first-order valence-corrected chi connectivity index (χ1v) is 15.9. The highest BCUT2D eigenvalue weighted by Crippen LogP contribution is 2.32. The lowest BCUT2D eigenvalue weighted by atomic mass is 10.0. The highest BCUT2D eigenvalue weighted by molar-refractivity contribution is 7.92. The van der Waals surface area contributed by atoms with E-state index < -0.39 is 28.5 Å². The van der Waals surface area contributed by atoms with Crippen LogP contribution in [0, 0.1) is 6.92 Å². The Balaban J connectivity index is 1.82. The Kier molecular flexibility index (Phi) is 10.8. The van der Waals surface area contributed by atoms with Gasteiger partial charge in [0.05, 0.1) is 17.7 Å². The van der Waals surface area contributed by atoms with Crippen molar-refractivity contribution in [3.05, 3.63) is 126 Å². The smallest absolute Gasteiger partial charge is 0.264 e. The van der Waals surface area contributed by atoms with E-state index in [0.29, 0.717) is 5.75 Å². The summed E-state index contributed by atoms with van der Waals surface area (Å²) in [7, 11) is -2.77. The van der Waals surface area contributed by atoms with Crippen molar-refractivity contribution in [3.63, 3.8) is 0 Å². The predicted molar refractivity (Wildman–Crippen MR) is 173 cm³/mol. The number of sulfonamides is 1. The summed E-state index contributed by atoms with van der Waals surface area (Å²) in [4.78, 5) is 29.7. The molecule has 0 saturated heterocycles. The molecule has 0 heterocycles. The van der Waals surface area contributed by atoms with Gasteiger partial charge in [-0.3, -0.25) is 13.9 Å². The Morgan fingerprint density at radius 2 is 1.36 bits per heavy atom.